The van der Waals surface area contributed by atoms with Crippen LogP contribution in [0.5, 0.6) is 0 Å². The van der Waals surface area contributed by atoms with E-state index < -0.39 is 6.04 Å². The molecule has 1 aromatic rings. The van der Waals surface area contributed by atoms with Crippen molar-refractivity contribution in [3.63, 3.8) is 0 Å². The lowest BCUT2D eigenvalue weighted by atomic mass is 10.4. The number of hydrogen-bond donors (Lipinski definition) is 1. The number of aromatic nitrogens is 3. The van der Waals surface area contributed by atoms with Gasteiger partial charge in [-0.15, -0.1) is 0 Å². The van der Waals surface area contributed by atoms with Crippen LogP contribution in [0, 0.1) is 0 Å². The molecule has 5 nitrogen and oxygen atoms in total. The lowest BCUT2D eigenvalue weighted by molar-refractivity contribution is -0.109. The van der Waals surface area contributed by atoms with E-state index in [0.717, 1.165) is 0 Å². The molecule has 1 aromatic heterocycles. The summed E-state index contributed by atoms with van der Waals surface area (Å²) in [5.74, 6) is 0. The minimum atomic E-state index is -0.485. The quantitative estimate of drug-likeness (QED) is 0.535. The van der Waals surface area contributed by atoms with Gasteiger partial charge in [0.1, 0.15) is 18.9 Å². The lowest BCUT2D eigenvalue weighted by Gasteiger charge is -2.00. The zero-order valence-corrected chi connectivity index (χ0v) is 5.34. The zero-order chi connectivity index (χ0) is 7.40. The summed E-state index contributed by atoms with van der Waals surface area (Å²) in [5, 5.41) is 3.77. The first-order valence-corrected chi connectivity index (χ1v) is 2.86. The predicted octanol–water partition coefficient (Wildman–Crippen LogP) is -1.20. The van der Waals surface area contributed by atoms with Crippen molar-refractivity contribution in [2.24, 2.45) is 5.73 Å². The average molecular weight is 140 g/mol. The Labute approximate surface area is 57.9 Å². The highest BCUT2D eigenvalue weighted by Gasteiger charge is 1.99. The van der Waals surface area contributed by atoms with Gasteiger partial charge in [0.15, 0.2) is 0 Å². The summed E-state index contributed by atoms with van der Waals surface area (Å²) in [7, 11) is 0. The summed E-state index contributed by atoms with van der Waals surface area (Å²) in [6.07, 6.45) is 3.60. The van der Waals surface area contributed by atoms with E-state index in [1.807, 2.05) is 0 Å². The fourth-order valence-electron chi connectivity index (χ4n) is 0.586. The first-order chi connectivity index (χ1) is 4.83. The predicted molar refractivity (Wildman–Crippen MR) is 34.1 cm³/mol. The molecule has 0 bridgehead atoms. The third-order valence-electron chi connectivity index (χ3n) is 1.04. The van der Waals surface area contributed by atoms with Crippen molar-refractivity contribution in [3.05, 3.63) is 12.7 Å². The molecule has 1 heterocycles. The standard InChI is InChI=1S/C5H8N4O/c6-5(2-10)1-9-4-7-3-8-9/h2-5H,1,6H2/t5-/m0/s1. The highest BCUT2D eigenvalue weighted by molar-refractivity contribution is 5.56. The van der Waals surface area contributed by atoms with Crippen molar-refractivity contribution < 1.29 is 4.79 Å². The van der Waals surface area contributed by atoms with Crippen LogP contribution in [0.15, 0.2) is 12.7 Å². The molecule has 1 rings (SSSR count). The van der Waals surface area contributed by atoms with Crippen LogP contribution in [0.1, 0.15) is 0 Å². The Balaban J connectivity index is 2.47. The van der Waals surface area contributed by atoms with Gasteiger partial charge in [0.2, 0.25) is 0 Å². The number of nitrogens with zero attached hydrogens (tertiary/aromatic N) is 3. The first-order valence-electron chi connectivity index (χ1n) is 2.86. The molecule has 0 spiro atoms. The summed E-state index contributed by atoms with van der Waals surface area (Å²) in [4.78, 5) is 13.7. The Kier molecular flexibility index (Phi) is 2.11. The minimum absolute atomic E-state index is 0.392. The molecule has 2 N–H and O–H groups in total. The molecule has 0 aliphatic heterocycles. The van der Waals surface area contributed by atoms with E-state index in [1.54, 1.807) is 0 Å². The Morgan fingerprint density at radius 3 is 3.10 bits per heavy atom. The molecule has 0 amide bonds. The van der Waals surface area contributed by atoms with E-state index in [2.05, 4.69) is 10.1 Å². The van der Waals surface area contributed by atoms with Crippen molar-refractivity contribution in [2.45, 2.75) is 12.6 Å². The summed E-state index contributed by atoms with van der Waals surface area (Å²) >= 11 is 0. The number of nitrogens with two attached hydrogens (primary N) is 1. The van der Waals surface area contributed by atoms with Gasteiger partial charge in [0.05, 0.1) is 12.6 Å². The van der Waals surface area contributed by atoms with Gasteiger partial charge >= 0.3 is 0 Å². The molecule has 0 aliphatic carbocycles. The molecule has 1 atom stereocenters. The second-order valence-corrected chi connectivity index (χ2v) is 1.92. The smallest absolute Gasteiger partial charge is 0.138 e. The SMILES string of the molecule is N[C@H](C=O)Cn1cncn1. The number of carbonyl (C=O) groups is 1. The van der Waals surface area contributed by atoms with Gasteiger partial charge in [-0.25, -0.2) is 4.98 Å². The van der Waals surface area contributed by atoms with Gasteiger partial charge in [-0.05, 0) is 0 Å². The van der Waals surface area contributed by atoms with Crippen LogP contribution in [0.3, 0.4) is 0 Å². The Bertz CT molecular complexity index is 195. The van der Waals surface area contributed by atoms with Crippen molar-refractivity contribution in [2.75, 3.05) is 0 Å². The van der Waals surface area contributed by atoms with Crippen LogP contribution >= 0.6 is 0 Å². The summed E-state index contributed by atoms with van der Waals surface area (Å²) < 4.78 is 1.51. The van der Waals surface area contributed by atoms with Crippen LogP contribution in [0.2, 0.25) is 0 Å². The van der Waals surface area contributed by atoms with Gasteiger partial charge in [0.25, 0.3) is 0 Å². The Morgan fingerprint density at radius 1 is 1.80 bits per heavy atom. The molecule has 0 saturated heterocycles. The molecule has 10 heavy (non-hydrogen) atoms. The molecule has 0 radical (unpaired) electrons. The largest absolute Gasteiger partial charge is 0.320 e. The minimum Gasteiger partial charge on any atom is -0.320 e. The maximum absolute atomic E-state index is 10.0. The van der Waals surface area contributed by atoms with E-state index in [-0.39, 0.29) is 0 Å². The fraction of sp³-hybridized carbons (Fsp3) is 0.400. The highest BCUT2D eigenvalue weighted by Crippen LogP contribution is 1.81. The number of aldehydes is 1. The van der Waals surface area contributed by atoms with Gasteiger partial charge in [0, 0.05) is 0 Å². The van der Waals surface area contributed by atoms with E-state index in [0.29, 0.717) is 12.8 Å². The van der Waals surface area contributed by atoms with Gasteiger partial charge in [-0.2, -0.15) is 5.10 Å². The Morgan fingerprint density at radius 2 is 2.60 bits per heavy atom. The summed E-state index contributed by atoms with van der Waals surface area (Å²) in [6.45, 7) is 0.392. The molecule has 0 fully saturated rings. The highest BCUT2D eigenvalue weighted by atomic mass is 16.1. The second kappa shape index (κ2) is 3.07. The zero-order valence-electron chi connectivity index (χ0n) is 5.34. The van der Waals surface area contributed by atoms with Crippen molar-refractivity contribution in [1.82, 2.24) is 14.8 Å². The van der Waals surface area contributed by atoms with Gasteiger partial charge in [-0.1, -0.05) is 0 Å². The maximum Gasteiger partial charge on any atom is 0.138 e. The van der Waals surface area contributed by atoms with Crippen molar-refractivity contribution in [1.29, 1.82) is 0 Å². The third-order valence-corrected chi connectivity index (χ3v) is 1.04. The third kappa shape index (κ3) is 1.63. The van der Waals surface area contributed by atoms with Crippen LogP contribution in [-0.2, 0) is 11.3 Å². The van der Waals surface area contributed by atoms with Crippen LogP contribution in [-0.4, -0.2) is 27.1 Å². The van der Waals surface area contributed by atoms with E-state index in [1.165, 1.54) is 17.3 Å². The van der Waals surface area contributed by atoms with Crippen LogP contribution in [0.25, 0.3) is 0 Å². The molecule has 0 saturated carbocycles. The molecular weight excluding hydrogens is 132 g/mol. The Hall–Kier alpha value is -1.23. The average Bonchev–Trinajstić information content (AvgIpc) is 2.40. The van der Waals surface area contributed by atoms with Gasteiger partial charge in [-0.3, -0.25) is 4.68 Å². The van der Waals surface area contributed by atoms with E-state index in [4.69, 9.17) is 5.73 Å². The number of rotatable bonds is 3. The molecule has 54 valence electrons. The van der Waals surface area contributed by atoms with Crippen molar-refractivity contribution >= 4 is 6.29 Å². The van der Waals surface area contributed by atoms with Gasteiger partial charge < -0.3 is 10.5 Å². The molecule has 0 unspecified atom stereocenters. The van der Waals surface area contributed by atoms with E-state index >= 15 is 0 Å². The monoisotopic (exact) mass is 140 g/mol. The topological polar surface area (TPSA) is 73.8 Å². The summed E-state index contributed by atoms with van der Waals surface area (Å²) in [5.41, 5.74) is 5.31. The van der Waals surface area contributed by atoms with Crippen LogP contribution < -0.4 is 5.73 Å². The second-order valence-electron chi connectivity index (χ2n) is 1.92. The molecule has 0 aliphatic rings. The molecular formula is C5H8N4O. The first kappa shape index (κ1) is 6.88. The lowest BCUT2D eigenvalue weighted by Crippen LogP contribution is -2.27. The fourth-order valence-corrected chi connectivity index (χ4v) is 0.586. The molecule has 0 aromatic carbocycles. The maximum atomic E-state index is 10.0. The summed E-state index contributed by atoms with van der Waals surface area (Å²) in [6, 6.07) is -0.485. The van der Waals surface area contributed by atoms with Crippen molar-refractivity contribution in [3.8, 4) is 0 Å². The number of carbonyl (C=O) groups excluding carboxylic acids is 1. The van der Waals surface area contributed by atoms with E-state index in [9.17, 15) is 4.79 Å². The normalized spacial score (nSPS) is 12.9. The number of hydrogen-bond acceptors (Lipinski definition) is 4. The molecule has 5 heteroatoms. The van der Waals surface area contributed by atoms with Crippen LogP contribution in [0.4, 0.5) is 0 Å².